The van der Waals surface area contributed by atoms with Gasteiger partial charge in [-0.1, -0.05) is 29.8 Å². The molecule has 0 saturated carbocycles. The molecule has 0 aliphatic heterocycles. The third-order valence-electron chi connectivity index (χ3n) is 3.95. The third-order valence-corrected chi connectivity index (χ3v) is 4.30. The van der Waals surface area contributed by atoms with E-state index in [0.717, 1.165) is 28.1 Å². The van der Waals surface area contributed by atoms with E-state index in [1.54, 1.807) is 6.07 Å². The number of hydrogen-bond acceptors (Lipinski definition) is 2. The van der Waals surface area contributed by atoms with Crippen LogP contribution in [0.4, 0.5) is 0 Å². The van der Waals surface area contributed by atoms with Crippen LogP contribution in [0.15, 0.2) is 36.4 Å². The second-order valence-electron chi connectivity index (χ2n) is 5.37. The zero-order valence-electron chi connectivity index (χ0n) is 11.5. The van der Waals surface area contributed by atoms with E-state index in [9.17, 15) is 4.79 Å². The maximum atomic E-state index is 11.6. The summed E-state index contributed by atoms with van der Waals surface area (Å²) in [5.74, 6) is 0.294. The molecule has 104 valence electrons. The second-order valence-corrected chi connectivity index (χ2v) is 5.78. The fourth-order valence-corrected chi connectivity index (χ4v) is 3.15. The molecule has 1 aliphatic rings. The summed E-state index contributed by atoms with van der Waals surface area (Å²) in [5.41, 5.74) is 5.13. The molecule has 0 bridgehead atoms. The first kappa shape index (κ1) is 13.9. The van der Waals surface area contributed by atoms with E-state index in [4.69, 9.17) is 16.9 Å². The highest BCUT2D eigenvalue weighted by Crippen LogP contribution is 2.30. The van der Waals surface area contributed by atoms with Crippen LogP contribution in [-0.2, 0) is 24.1 Å². The van der Waals surface area contributed by atoms with Crippen LogP contribution in [0.25, 0.3) is 0 Å². The summed E-state index contributed by atoms with van der Waals surface area (Å²) in [6.45, 7) is 0. The summed E-state index contributed by atoms with van der Waals surface area (Å²) in [6, 6.07) is 13.6. The van der Waals surface area contributed by atoms with Gasteiger partial charge in [-0.2, -0.15) is 5.26 Å². The molecule has 3 heteroatoms. The van der Waals surface area contributed by atoms with Crippen LogP contribution in [0, 0.1) is 11.3 Å². The Bertz CT molecular complexity index is 758. The molecule has 0 aromatic heterocycles. The summed E-state index contributed by atoms with van der Waals surface area (Å²) in [7, 11) is 0. The molecule has 21 heavy (non-hydrogen) atoms. The van der Waals surface area contributed by atoms with Crippen molar-refractivity contribution in [3.63, 3.8) is 0 Å². The van der Waals surface area contributed by atoms with Gasteiger partial charge in [0.1, 0.15) is 5.78 Å². The summed E-state index contributed by atoms with van der Waals surface area (Å²) in [4.78, 5) is 11.6. The van der Waals surface area contributed by atoms with Gasteiger partial charge in [0.15, 0.2) is 0 Å². The molecule has 3 rings (SSSR count). The summed E-state index contributed by atoms with van der Waals surface area (Å²) in [6.07, 6.45) is 2.57. The topological polar surface area (TPSA) is 40.9 Å². The molecule has 0 saturated heterocycles. The lowest BCUT2D eigenvalue weighted by Gasteiger charge is -2.20. The summed E-state index contributed by atoms with van der Waals surface area (Å²) < 4.78 is 0. The van der Waals surface area contributed by atoms with Crippen molar-refractivity contribution in [3.05, 3.63) is 69.2 Å². The van der Waals surface area contributed by atoms with Gasteiger partial charge in [0, 0.05) is 17.9 Å². The average molecular weight is 296 g/mol. The highest BCUT2D eigenvalue weighted by molar-refractivity contribution is 6.31. The van der Waals surface area contributed by atoms with Crippen molar-refractivity contribution in [3.8, 4) is 6.07 Å². The zero-order chi connectivity index (χ0) is 14.8. The first-order valence-electron chi connectivity index (χ1n) is 6.97. The van der Waals surface area contributed by atoms with E-state index in [1.807, 2.05) is 30.3 Å². The minimum Gasteiger partial charge on any atom is -0.299 e. The number of rotatable bonds is 2. The van der Waals surface area contributed by atoms with Gasteiger partial charge >= 0.3 is 0 Å². The number of halogens is 1. The number of carbonyl (C=O) groups excluding carboxylic acids is 1. The molecule has 0 spiro atoms. The Morgan fingerprint density at radius 2 is 2.05 bits per heavy atom. The van der Waals surface area contributed by atoms with Crippen molar-refractivity contribution >= 4 is 17.4 Å². The van der Waals surface area contributed by atoms with Crippen molar-refractivity contribution in [2.75, 3.05) is 0 Å². The number of benzene rings is 2. The Hall–Kier alpha value is -2.11. The molecular formula is C18H14ClNO. The highest BCUT2D eigenvalue weighted by atomic mass is 35.5. The number of nitrogens with zero attached hydrogens (tertiary/aromatic N) is 1. The molecule has 0 heterocycles. The van der Waals surface area contributed by atoms with Crippen molar-refractivity contribution in [2.24, 2.45) is 0 Å². The molecule has 2 aromatic carbocycles. The van der Waals surface area contributed by atoms with E-state index < -0.39 is 0 Å². The van der Waals surface area contributed by atoms with Crippen molar-refractivity contribution in [1.29, 1.82) is 5.26 Å². The lowest BCUT2D eigenvalue weighted by molar-refractivity contribution is -0.118. The molecule has 2 nitrogen and oxygen atoms in total. The van der Waals surface area contributed by atoms with Gasteiger partial charge in [-0.3, -0.25) is 4.79 Å². The third kappa shape index (κ3) is 2.84. The van der Waals surface area contributed by atoms with E-state index in [-0.39, 0.29) is 0 Å². The van der Waals surface area contributed by atoms with Gasteiger partial charge in [0.25, 0.3) is 0 Å². The Morgan fingerprint density at radius 1 is 1.19 bits per heavy atom. The fraction of sp³-hybridized carbons (Fsp3) is 0.222. The van der Waals surface area contributed by atoms with Gasteiger partial charge in [-0.25, -0.2) is 0 Å². The van der Waals surface area contributed by atoms with Gasteiger partial charge in [-0.15, -0.1) is 0 Å². The van der Waals surface area contributed by atoms with Crippen molar-refractivity contribution in [2.45, 2.75) is 25.7 Å². The molecule has 1 aliphatic carbocycles. The van der Waals surface area contributed by atoms with Crippen LogP contribution in [0.1, 0.15) is 34.2 Å². The zero-order valence-corrected chi connectivity index (χ0v) is 12.3. The second kappa shape index (κ2) is 5.71. The smallest absolute Gasteiger partial charge is 0.137 e. The van der Waals surface area contributed by atoms with Crippen LogP contribution in [0.5, 0.6) is 0 Å². The van der Waals surface area contributed by atoms with Crippen LogP contribution < -0.4 is 0 Å². The van der Waals surface area contributed by atoms with E-state index >= 15 is 0 Å². The molecule has 0 amide bonds. The quantitative estimate of drug-likeness (QED) is 0.844. The van der Waals surface area contributed by atoms with Gasteiger partial charge in [-0.05, 0) is 53.3 Å². The number of hydrogen-bond donors (Lipinski definition) is 0. The first-order chi connectivity index (χ1) is 10.2. The summed E-state index contributed by atoms with van der Waals surface area (Å²) >= 11 is 6.37. The molecule has 0 atom stereocenters. The number of Topliss-reactive ketones (excluding diaryl/α,β-unsaturated/α-hetero) is 1. The Morgan fingerprint density at radius 3 is 2.86 bits per heavy atom. The Kier molecular flexibility index (Phi) is 3.77. The van der Waals surface area contributed by atoms with Crippen LogP contribution >= 0.6 is 11.6 Å². The van der Waals surface area contributed by atoms with E-state index in [0.29, 0.717) is 30.6 Å². The first-order valence-corrected chi connectivity index (χ1v) is 7.35. The standard InChI is InChI=1S/C18H14ClNO/c19-18-7-4-14-10-15(21)5-6-16(14)17(18)9-12-2-1-3-13(8-12)11-20/h1-4,7-8H,5-6,9-10H2. The van der Waals surface area contributed by atoms with E-state index in [1.165, 1.54) is 5.56 Å². The average Bonchev–Trinajstić information content (AvgIpc) is 2.50. The highest BCUT2D eigenvalue weighted by Gasteiger charge is 2.20. The maximum Gasteiger partial charge on any atom is 0.137 e. The van der Waals surface area contributed by atoms with Crippen LogP contribution in [0.3, 0.4) is 0 Å². The van der Waals surface area contributed by atoms with Crippen molar-refractivity contribution < 1.29 is 4.79 Å². The predicted octanol–water partition coefficient (Wildman–Crippen LogP) is 3.86. The number of ketones is 1. The number of fused-ring (bicyclic) bond motifs is 1. The number of carbonyl (C=O) groups is 1. The van der Waals surface area contributed by atoms with Crippen LogP contribution in [0.2, 0.25) is 5.02 Å². The van der Waals surface area contributed by atoms with Gasteiger partial charge < -0.3 is 0 Å². The minimum atomic E-state index is 0.294. The molecule has 0 fully saturated rings. The van der Waals surface area contributed by atoms with Gasteiger partial charge in [0.2, 0.25) is 0 Å². The minimum absolute atomic E-state index is 0.294. The monoisotopic (exact) mass is 295 g/mol. The molecule has 0 radical (unpaired) electrons. The number of nitriles is 1. The Balaban J connectivity index is 2.00. The fourth-order valence-electron chi connectivity index (χ4n) is 2.90. The largest absolute Gasteiger partial charge is 0.299 e. The Labute approximate surface area is 129 Å². The SMILES string of the molecule is N#Cc1cccc(Cc2c(Cl)ccc3c2CCC(=O)C3)c1. The summed E-state index contributed by atoms with van der Waals surface area (Å²) in [5, 5.41) is 9.73. The normalized spacial score (nSPS) is 13.6. The van der Waals surface area contributed by atoms with E-state index in [2.05, 4.69) is 6.07 Å². The van der Waals surface area contributed by atoms with Gasteiger partial charge in [0.05, 0.1) is 11.6 Å². The molecule has 0 unspecified atom stereocenters. The molecule has 0 N–H and O–H groups in total. The van der Waals surface area contributed by atoms with Crippen molar-refractivity contribution in [1.82, 2.24) is 0 Å². The van der Waals surface area contributed by atoms with Crippen LogP contribution in [-0.4, -0.2) is 5.78 Å². The maximum absolute atomic E-state index is 11.6. The molecule has 2 aromatic rings. The lowest BCUT2D eigenvalue weighted by atomic mass is 9.85. The molecular weight excluding hydrogens is 282 g/mol. The lowest BCUT2D eigenvalue weighted by Crippen LogP contribution is -2.15. The predicted molar refractivity (Wildman–Crippen MR) is 82.4 cm³/mol.